The van der Waals surface area contributed by atoms with E-state index in [4.69, 9.17) is 4.74 Å². The summed E-state index contributed by atoms with van der Waals surface area (Å²) >= 11 is 0. The standard InChI is InChI=1S/C16H25N3O4S/c1-17(2)24(21,22)19-10-6-9-18(11-12-19)16(20)13-14-7-4-5-8-15(14)23-3/h4-5,7-8H,6,9-13H2,1-3H3. The molecule has 2 rings (SSSR count). The second-order valence-electron chi connectivity index (χ2n) is 5.91. The van der Waals surface area contributed by atoms with Gasteiger partial charge in [0.2, 0.25) is 5.91 Å². The lowest BCUT2D eigenvalue weighted by Gasteiger charge is -2.24. The third kappa shape index (κ3) is 4.25. The SMILES string of the molecule is COc1ccccc1CC(=O)N1CCCN(S(=O)(=O)N(C)C)CC1. The molecule has 1 aromatic rings. The Morgan fingerprint density at radius 1 is 1.17 bits per heavy atom. The lowest BCUT2D eigenvalue weighted by atomic mass is 10.1. The number of para-hydroxylation sites is 1. The van der Waals surface area contributed by atoms with Crippen molar-refractivity contribution in [2.24, 2.45) is 0 Å². The van der Waals surface area contributed by atoms with Crippen LogP contribution in [0.15, 0.2) is 24.3 Å². The Bertz CT molecular complexity index is 676. The van der Waals surface area contributed by atoms with E-state index in [1.54, 1.807) is 12.0 Å². The Morgan fingerprint density at radius 2 is 1.88 bits per heavy atom. The Hall–Kier alpha value is -1.64. The zero-order chi connectivity index (χ0) is 17.7. The van der Waals surface area contributed by atoms with Crippen LogP contribution in [0.5, 0.6) is 5.75 Å². The molecule has 1 saturated heterocycles. The molecular formula is C16H25N3O4S. The molecule has 0 spiro atoms. The number of benzene rings is 1. The number of hydrogen-bond acceptors (Lipinski definition) is 4. The normalized spacial score (nSPS) is 16.9. The van der Waals surface area contributed by atoms with Crippen LogP contribution in [0.25, 0.3) is 0 Å². The van der Waals surface area contributed by atoms with E-state index in [0.717, 1.165) is 5.56 Å². The first kappa shape index (κ1) is 18.7. The maximum atomic E-state index is 12.6. The highest BCUT2D eigenvalue weighted by molar-refractivity contribution is 7.86. The molecule has 0 N–H and O–H groups in total. The number of nitrogens with zero attached hydrogens (tertiary/aromatic N) is 3. The number of carbonyl (C=O) groups is 1. The number of rotatable bonds is 5. The first-order valence-electron chi connectivity index (χ1n) is 7.93. The van der Waals surface area contributed by atoms with E-state index in [0.29, 0.717) is 38.3 Å². The third-order valence-corrected chi connectivity index (χ3v) is 6.07. The van der Waals surface area contributed by atoms with E-state index >= 15 is 0 Å². The highest BCUT2D eigenvalue weighted by Crippen LogP contribution is 2.19. The van der Waals surface area contributed by atoms with Crippen molar-refractivity contribution in [3.05, 3.63) is 29.8 Å². The molecule has 0 bridgehead atoms. The van der Waals surface area contributed by atoms with Gasteiger partial charge in [-0.2, -0.15) is 17.0 Å². The van der Waals surface area contributed by atoms with Gasteiger partial charge in [0.05, 0.1) is 13.5 Å². The molecule has 1 aliphatic rings. The van der Waals surface area contributed by atoms with Gasteiger partial charge in [-0.1, -0.05) is 18.2 Å². The van der Waals surface area contributed by atoms with Crippen molar-refractivity contribution in [2.75, 3.05) is 47.4 Å². The topological polar surface area (TPSA) is 70.2 Å². The fourth-order valence-electron chi connectivity index (χ4n) is 2.73. The maximum Gasteiger partial charge on any atom is 0.281 e. The van der Waals surface area contributed by atoms with Crippen molar-refractivity contribution < 1.29 is 17.9 Å². The van der Waals surface area contributed by atoms with Crippen molar-refractivity contribution in [1.82, 2.24) is 13.5 Å². The summed E-state index contributed by atoms with van der Waals surface area (Å²) in [5, 5.41) is 0. The van der Waals surface area contributed by atoms with Gasteiger partial charge < -0.3 is 9.64 Å². The fraction of sp³-hybridized carbons (Fsp3) is 0.562. The van der Waals surface area contributed by atoms with Crippen LogP contribution < -0.4 is 4.74 Å². The van der Waals surface area contributed by atoms with E-state index in [1.807, 2.05) is 24.3 Å². The molecule has 1 fully saturated rings. The van der Waals surface area contributed by atoms with Crippen LogP contribution in [0.3, 0.4) is 0 Å². The molecule has 134 valence electrons. The molecule has 1 amide bonds. The third-order valence-electron chi connectivity index (χ3n) is 4.13. The Kier molecular flexibility index (Phi) is 6.20. The Balaban J connectivity index is 2.02. The fourth-order valence-corrected chi connectivity index (χ4v) is 3.86. The number of carbonyl (C=O) groups excluding carboxylic acids is 1. The second kappa shape index (κ2) is 7.96. The van der Waals surface area contributed by atoms with Crippen LogP contribution in [0.4, 0.5) is 0 Å². The largest absolute Gasteiger partial charge is 0.496 e. The summed E-state index contributed by atoms with van der Waals surface area (Å²) in [6.07, 6.45) is 0.884. The van der Waals surface area contributed by atoms with Crippen LogP contribution in [0.2, 0.25) is 0 Å². The Morgan fingerprint density at radius 3 is 2.54 bits per heavy atom. The molecule has 8 heteroatoms. The zero-order valence-electron chi connectivity index (χ0n) is 14.4. The predicted molar refractivity (Wildman–Crippen MR) is 92.1 cm³/mol. The molecule has 0 radical (unpaired) electrons. The van der Waals surface area contributed by atoms with Gasteiger partial charge in [0.1, 0.15) is 5.75 Å². The lowest BCUT2D eigenvalue weighted by Crippen LogP contribution is -2.42. The van der Waals surface area contributed by atoms with Crippen molar-refractivity contribution in [3.63, 3.8) is 0 Å². The number of amides is 1. The molecular weight excluding hydrogens is 330 g/mol. The number of ether oxygens (including phenoxy) is 1. The quantitative estimate of drug-likeness (QED) is 0.775. The van der Waals surface area contributed by atoms with Gasteiger partial charge in [-0.15, -0.1) is 0 Å². The minimum Gasteiger partial charge on any atom is -0.496 e. The minimum absolute atomic E-state index is 0.0106. The molecule has 0 aliphatic carbocycles. The minimum atomic E-state index is -3.43. The summed E-state index contributed by atoms with van der Waals surface area (Å²) in [5.41, 5.74) is 0.840. The molecule has 1 aliphatic heterocycles. The van der Waals surface area contributed by atoms with Gasteiger partial charge >= 0.3 is 0 Å². The van der Waals surface area contributed by atoms with Crippen LogP contribution in [-0.2, 0) is 21.4 Å². The van der Waals surface area contributed by atoms with Gasteiger partial charge in [0.25, 0.3) is 10.2 Å². The molecule has 1 aromatic carbocycles. The van der Waals surface area contributed by atoms with Crippen molar-refractivity contribution in [2.45, 2.75) is 12.8 Å². The summed E-state index contributed by atoms with van der Waals surface area (Å²) in [5.74, 6) is 0.682. The van der Waals surface area contributed by atoms with E-state index < -0.39 is 10.2 Å². The average molecular weight is 355 g/mol. The Labute approximate surface area is 144 Å². The summed E-state index contributed by atoms with van der Waals surface area (Å²) in [6, 6.07) is 7.44. The predicted octanol–water partition coefficient (Wildman–Crippen LogP) is 0.578. The van der Waals surface area contributed by atoms with E-state index in [2.05, 4.69) is 0 Å². The van der Waals surface area contributed by atoms with Crippen LogP contribution in [0.1, 0.15) is 12.0 Å². The maximum absolute atomic E-state index is 12.6. The smallest absolute Gasteiger partial charge is 0.281 e. The first-order chi connectivity index (χ1) is 11.4. The lowest BCUT2D eigenvalue weighted by molar-refractivity contribution is -0.130. The number of methoxy groups -OCH3 is 1. The number of hydrogen-bond donors (Lipinski definition) is 0. The molecule has 24 heavy (non-hydrogen) atoms. The van der Waals surface area contributed by atoms with Gasteiger partial charge in [-0.25, -0.2) is 0 Å². The highest BCUT2D eigenvalue weighted by atomic mass is 32.2. The van der Waals surface area contributed by atoms with Crippen LogP contribution in [0, 0.1) is 0 Å². The van der Waals surface area contributed by atoms with Gasteiger partial charge in [-0.3, -0.25) is 4.79 Å². The van der Waals surface area contributed by atoms with Gasteiger partial charge in [0, 0.05) is 45.8 Å². The highest BCUT2D eigenvalue weighted by Gasteiger charge is 2.28. The second-order valence-corrected chi connectivity index (χ2v) is 8.05. The monoisotopic (exact) mass is 355 g/mol. The van der Waals surface area contributed by atoms with Crippen molar-refractivity contribution >= 4 is 16.1 Å². The molecule has 0 aromatic heterocycles. The molecule has 7 nitrogen and oxygen atoms in total. The van der Waals surface area contributed by atoms with Crippen LogP contribution in [-0.4, -0.2) is 75.2 Å². The molecule has 0 atom stereocenters. The molecule has 0 unspecified atom stereocenters. The zero-order valence-corrected chi connectivity index (χ0v) is 15.3. The van der Waals surface area contributed by atoms with E-state index in [-0.39, 0.29) is 12.3 Å². The molecule has 0 saturated carbocycles. The van der Waals surface area contributed by atoms with E-state index in [9.17, 15) is 13.2 Å². The summed E-state index contributed by atoms with van der Waals surface area (Å²) < 4.78 is 32.4. The van der Waals surface area contributed by atoms with Crippen molar-refractivity contribution in [1.29, 1.82) is 0 Å². The average Bonchev–Trinajstić information content (AvgIpc) is 2.81. The van der Waals surface area contributed by atoms with Crippen molar-refractivity contribution in [3.8, 4) is 5.75 Å². The summed E-state index contributed by atoms with van der Waals surface area (Å²) in [4.78, 5) is 14.3. The first-order valence-corrected chi connectivity index (χ1v) is 9.33. The molecule has 1 heterocycles. The van der Waals surface area contributed by atoms with Gasteiger partial charge in [-0.05, 0) is 12.5 Å². The summed E-state index contributed by atoms with van der Waals surface area (Å²) in [7, 11) is 1.19. The van der Waals surface area contributed by atoms with Crippen LogP contribution >= 0.6 is 0 Å². The van der Waals surface area contributed by atoms with Gasteiger partial charge in [0.15, 0.2) is 0 Å². The summed E-state index contributed by atoms with van der Waals surface area (Å²) in [6.45, 7) is 1.71. The van der Waals surface area contributed by atoms with E-state index in [1.165, 1.54) is 22.7 Å².